The largest absolute Gasteiger partial charge is 0.383 e. The third-order valence-electron chi connectivity index (χ3n) is 2.91. The van der Waals surface area contributed by atoms with Crippen LogP contribution in [-0.4, -0.2) is 43.3 Å². The summed E-state index contributed by atoms with van der Waals surface area (Å²) in [4.78, 5) is 11.0. The third kappa shape index (κ3) is 3.56. The van der Waals surface area contributed by atoms with E-state index in [-0.39, 0.29) is 0 Å². The lowest BCUT2D eigenvalue weighted by Crippen LogP contribution is -2.30. The van der Waals surface area contributed by atoms with Crippen molar-refractivity contribution in [2.45, 2.75) is 19.3 Å². The summed E-state index contributed by atoms with van der Waals surface area (Å²) in [6.45, 7) is 3.61. The summed E-state index contributed by atoms with van der Waals surface area (Å²) in [5.41, 5.74) is 0. The number of anilines is 2. The van der Waals surface area contributed by atoms with Gasteiger partial charge in [0.05, 0.1) is 6.61 Å². The van der Waals surface area contributed by atoms with Crippen LogP contribution in [0.1, 0.15) is 19.3 Å². The fraction of sp³-hybridized carbons (Fsp3) is 0.667. The average Bonchev–Trinajstić information content (AvgIpc) is 2.41. The van der Waals surface area contributed by atoms with Crippen LogP contribution in [0.4, 0.5) is 11.8 Å². The van der Waals surface area contributed by atoms with Gasteiger partial charge in [-0.3, -0.25) is 0 Å². The molecule has 5 nitrogen and oxygen atoms in total. The van der Waals surface area contributed by atoms with Gasteiger partial charge < -0.3 is 15.0 Å². The van der Waals surface area contributed by atoms with Crippen molar-refractivity contribution in [3.05, 3.63) is 12.3 Å². The van der Waals surface area contributed by atoms with E-state index in [4.69, 9.17) is 4.74 Å². The first-order chi connectivity index (χ1) is 8.40. The summed E-state index contributed by atoms with van der Waals surface area (Å²) < 4.78 is 4.98. The second kappa shape index (κ2) is 6.39. The molecule has 0 bridgehead atoms. The van der Waals surface area contributed by atoms with Crippen LogP contribution < -0.4 is 10.2 Å². The number of nitrogens with one attached hydrogen (secondary N) is 1. The van der Waals surface area contributed by atoms with Gasteiger partial charge in [0.1, 0.15) is 5.82 Å². The van der Waals surface area contributed by atoms with Gasteiger partial charge in [-0.1, -0.05) is 0 Å². The number of rotatable bonds is 5. The normalized spacial score (nSPS) is 15.9. The Labute approximate surface area is 102 Å². The first-order valence-electron chi connectivity index (χ1n) is 6.21. The van der Waals surface area contributed by atoms with Crippen LogP contribution in [0.3, 0.4) is 0 Å². The molecule has 1 aromatic rings. The Morgan fingerprint density at radius 1 is 1.35 bits per heavy atom. The minimum Gasteiger partial charge on any atom is -0.383 e. The van der Waals surface area contributed by atoms with Gasteiger partial charge in [0.2, 0.25) is 5.95 Å². The lowest BCUT2D eigenvalue weighted by atomic mass is 10.1. The summed E-state index contributed by atoms with van der Waals surface area (Å²) in [6, 6.07) is 1.98. The fourth-order valence-corrected chi connectivity index (χ4v) is 2.00. The summed E-state index contributed by atoms with van der Waals surface area (Å²) in [5.74, 6) is 1.71. The molecule has 1 aliphatic rings. The monoisotopic (exact) mass is 236 g/mol. The van der Waals surface area contributed by atoms with Gasteiger partial charge in [-0.05, 0) is 25.3 Å². The van der Waals surface area contributed by atoms with E-state index in [1.165, 1.54) is 19.3 Å². The molecule has 94 valence electrons. The SMILES string of the molecule is COCCNc1nccc(N2CCCCC2)n1. The second-order valence-electron chi connectivity index (χ2n) is 4.21. The van der Waals surface area contributed by atoms with E-state index >= 15 is 0 Å². The second-order valence-corrected chi connectivity index (χ2v) is 4.21. The van der Waals surface area contributed by atoms with Crippen molar-refractivity contribution >= 4 is 11.8 Å². The number of ether oxygens (including phenoxy) is 1. The summed E-state index contributed by atoms with van der Waals surface area (Å²) >= 11 is 0. The van der Waals surface area contributed by atoms with Gasteiger partial charge >= 0.3 is 0 Å². The Balaban J connectivity index is 1.95. The van der Waals surface area contributed by atoms with Gasteiger partial charge in [-0.25, -0.2) is 4.98 Å². The number of methoxy groups -OCH3 is 1. The molecule has 0 unspecified atom stereocenters. The van der Waals surface area contributed by atoms with Crippen molar-refractivity contribution in [3.63, 3.8) is 0 Å². The Morgan fingerprint density at radius 3 is 2.94 bits per heavy atom. The van der Waals surface area contributed by atoms with Gasteiger partial charge in [0.25, 0.3) is 0 Å². The Kier molecular flexibility index (Phi) is 4.55. The minimum atomic E-state index is 0.664. The van der Waals surface area contributed by atoms with Crippen LogP contribution in [0, 0.1) is 0 Å². The van der Waals surface area contributed by atoms with Crippen molar-refractivity contribution in [3.8, 4) is 0 Å². The predicted octanol–water partition coefficient (Wildman–Crippen LogP) is 1.53. The molecule has 1 aliphatic heterocycles. The van der Waals surface area contributed by atoms with Crippen molar-refractivity contribution in [1.82, 2.24) is 9.97 Å². The topological polar surface area (TPSA) is 50.3 Å². The smallest absolute Gasteiger partial charge is 0.224 e. The number of nitrogens with zero attached hydrogens (tertiary/aromatic N) is 3. The number of piperidine rings is 1. The van der Waals surface area contributed by atoms with Crippen LogP contribution in [0.2, 0.25) is 0 Å². The zero-order valence-corrected chi connectivity index (χ0v) is 10.4. The van der Waals surface area contributed by atoms with Crippen LogP contribution in [0.25, 0.3) is 0 Å². The van der Waals surface area contributed by atoms with E-state index in [1.807, 2.05) is 12.3 Å². The van der Waals surface area contributed by atoms with Crippen LogP contribution in [-0.2, 0) is 4.74 Å². The summed E-state index contributed by atoms with van der Waals surface area (Å²) in [7, 11) is 1.69. The molecule has 5 heteroatoms. The lowest BCUT2D eigenvalue weighted by Gasteiger charge is -2.27. The quantitative estimate of drug-likeness (QED) is 0.786. The molecule has 1 N–H and O–H groups in total. The zero-order chi connectivity index (χ0) is 11.9. The highest BCUT2D eigenvalue weighted by molar-refractivity contribution is 5.42. The molecule has 1 aromatic heterocycles. The van der Waals surface area contributed by atoms with E-state index in [0.29, 0.717) is 12.6 Å². The molecule has 0 aliphatic carbocycles. The maximum absolute atomic E-state index is 4.98. The summed E-state index contributed by atoms with van der Waals surface area (Å²) in [5, 5.41) is 3.15. The number of aromatic nitrogens is 2. The Hall–Kier alpha value is -1.36. The van der Waals surface area contributed by atoms with Gasteiger partial charge in [-0.2, -0.15) is 4.98 Å². The first kappa shape index (κ1) is 12.1. The van der Waals surface area contributed by atoms with Crippen molar-refractivity contribution < 1.29 is 4.74 Å². The van der Waals surface area contributed by atoms with E-state index in [9.17, 15) is 0 Å². The Morgan fingerprint density at radius 2 is 2.18 bits per heavy atom. The van der Waals surface area contributed by atoms with Crippen molar-refractivity contribution in [1.29, 1.82) is 0 Å². The van der Waals surface area contributed by atoms with Crippen LogP contribution in [0.15, 0.2) is 12.3 Å². The molecule has 0 spiro atoms. The molecular weight excluding hydrogens is 216 g/mol. The third-order valence-corrected chi connectivity index (χ3v) is 2.91. The molecule has 0 saturated carbocycles. The maximum Gasteiger partial charge on any atom is 0.224 e. The molecule has 0 atom stereocenters. The van der Waals surface area contributed by atoms with E-state index < -0.39 is 0 Å². The average molecular weight is 236 g/mol. The van der Waals surface area contributed by atoms with E-state index in [2.05, 4.69) is 20.2 Å². The molecule has 1 saturated heterocycles. The molecule has 0 amide bonds. The molecule has 2 heterocycles. The molecule has 17 heavy (non-hydrogen) atoms. The highest BCUT2D eigenvalue weighted by Crippen LogP contribution is 2.17. The van der Waals surface area contributed by atoms with E-state index in [0.717, 1.165) is 25.5 Å². The predicted molar refractivity (Wildman–Crippen MR) is 68.5 cm³/mol. The standard InChI is InChI=1S/C12H20N4O/c1-17-10-7-14-12-13-6-5-11(15-12)16-8-3-2-4-9-16/h5-6H,2-4,7-10H2,1H3,(H,13,14,15). The van der Waals surface area contributed by atoms with E-state index in [1.54, 1.807) is 7.11 Å². The maximum atomic E-state index is 4.98. The lowest BCUT2D eigenvalue weighted by molar-refractivity contribution is 0.210. The molecular formula is C12H20N4O. The summed E-state index contributed by atoms with van der Waals surface area (Å²) in [6.07, 6.45) is 5.67. The molecule has 1 fully saturated rings. The molecule has 0 aromatic carbocycles. The zero-order valence-electron chi connectivity index (χ0n) is 10.4. The van der Waals surface area contributed by atoms with Gasteiger partial charge in [0.15, 0.2) is 0 Å². The van der Waals surface area contributed by atoms with Gasteiger partial charge in [-0.15, -0.1) is 0 Å². The molecule has 2 rings (SSSR count). The van der Waals surface area contributed by atoms with Crippen LogP contribution in [0.5, 0.6) is 0 Å². The number of hydrogen-bond acceptors (Lipinski definition) is 5. The van der Waals surface area contributed by atoms with Crippen molar-refractivity contribution in [2.24, 2.45) is 0 Å². The molecule has 0 radical (unpaired) electrons. The minimum absolute atomic E-state index is 0.664. The highest BCUT2D eigenvalue weighted by atomic mass is 16.5. The van der Waals surface area contributed by atoms with Crippen LogP contribution >= 0.6 is 0 Å². The Bertz CT molecular complexity index is 339. The van der Waals surface area contributed by atoms with Gasteiger partial charge in [0, 0.05) is 32.9 Å². The van der Waals surface area contributed by atoms with Crippen molar-refractivity contribution in [2.75, 3.05) is 43.6 Å². The highest BCUT2D eigenvalue weighted by Gasteiger charge is 2.12. The number of hydrogen-bond donors (Lipinski definition) is 1. The first-order valence-corrected chi connectivity index (χ1v) is 6.21. The fourth-order valence-electron chi connectivity index (χ4n) is 2.00.